The fourth-order valence-electron chi connectivity index (χ4n) is 3.68. The Morgan fingerprint density at radius 1 is 1.06 bits per heavy atom. The van der Waals surface area contributed by atoms with Crippen LogP contribution in [0, 0.1) is 11.3 Å². The molecule has 0 amide bonds. The van der Waals surface area contributed by atoms with Crippen LogP contribution in [0.2, 0.25) is 0 Å². The minimum Gasteiger partial charge on any atom is -0.490 e. The molecule has 5 rings (SSSR count). The van der Waals surface area contributed by atoms with Crippen LogP contribution in [-0.2, 0) is 6.61 Å². The fourth-order valence-corrected chi connectivity index (χ4v) is 4.66. The van der Waals surface area contributed by atoms with Crippen molar-refractivity contribution in [2.24, 2.45) is 0 Å². The predicted molar refractivity (Wildman–Crippen MR) is 129 cm³/mol. The van der Waals surface area contributed by atoms with Gasteiger partial charge in [0.2, 0.25) is 0 Å². The predicted octanol–water partition coefficient (Wildman–Crippen LogP) is 4.31. The van der Waals surface area contributed by atoms with Crippen molar-refractivity contribution in [1.29, 1.82) is 5.26 Å². The van der Waals surface area contributed by atoms with Gasteiger partial charge in [-0.2, -0.15) is 5.26 Å². The number of benzene rings is 3. The number of ether oxygens (including phenoxy) is 2. The molecule has 162 valence electrons. The van der Waals surface area contributed by atoms with Gasteiger partial charge in [-0.05, 0) is 48.9 Å². The summed E-state index contributed by atoms with van der Waals surface area (Å²) in [6.45, 7) is 2.63. The summed E-state index contributed by atoms with van der Waals surface area (Å²) in [7, 11) is 0. The summed E-state index contributed by atoms with van der Waals surface area (Å²) in [6.07, 6.45) is 1.84. The minimum atomic E-state index is -0.0879. The van der Waals surface area contributed by atoms with E-state index in [2.05, 4.69) is 11.1 Å². The highest BCUT2D eigenvalue weighted by Gasteiger charge is 2.12. The van der Waals surface area contributed by atoms with Crippen LogP contribution in [0.1, 0.15) is 23.6 Å². The first-order valence-corrected chi connectivity index (χ1v) is 11.3. The van der Waals surface area contributed by atoms with Crippen molar-refractivity contribution in [1.82, 2.24) is 9.38 Å². The lowest BCUT2D eigenvalue weighted by Crippen LogP contribution is -2.22. The Kier molecular flexibility index (Phi) is 5.51. The van der Waals surface area contributed by atoms with Gasteiger partial charge in [-0.3, -0.25) is 4.79 Å². The van der Waals surface area contributed by atoms with Gasteiger partial charge in [0.1, 0.15) is 6.61 Å². The maximum Gasteiger partial charge on any atom is 0.274 e. The topological polar surface area (TPSA) is 76.6 Å². The molecular weight excluding hydrogens is 434 g/mol. The van der Waals surface area contributed by atoms with Crippen LogP contribution in [0.5, 0.6) is 11.5 Å². The summed E-state index contributed by atoms with van der Waals surface area (Å²) in [5.41, 5.74) is 3.75. The van der Waals surface area contributed by atoms with E-state index in [0.717, 1.165) is 22.2 Å². The molecule has 0 fully saturated rings. The molecule has 0 aliphatic rings. The Morgan fingerprint density at radius 2 is 1.88 bits per heavy atom. The molecule has 0 radical (unpaired) electrons. The van der Waals surface area contributed by atoms with Gasteiger partial charge in [0, 0.05) is 5.56 Å². The molecule has 7 heteroatoms. The molecule has 6 nitrogen and oxygen atoms in total. The third-order valence-corrected chi connectivity index (χ3v) is 6.20. The molecular formula is C26H19N3O3S. The summed E-state index contributed by atoms with van der Waals surface area (Å²) < 4.78 is 14.0. The van der Waals surface area contributed by atoms with Crippen molar-refractivity contribution in [2.75, 3.05) is 6.61 Å². The average Bonchev–Trinajstić information content (AvgIpc) is 3.35. The van der Waals surface area contributed by atoms with Gasteiger partial charge in [-0.1, -0.05) is 47.7 Å². The van der Waals surface area contributed by atoms with Crippen molar-refractivity contribution in [3.63, 3.8) is 0 Å². The maximum atomic E-state index is 13.0. The standard InChI is InChI=1S/C26H19N3O3S/c1-2-31-23-13-17(11-12-22(23)32-16-19-8-4-3-7-18(19)15-27)14-24-25(30)29-21-10-6-5-9-20(21)28-26(29)33-24/h3-14H,2,16H2,1H3/b24-14+. The summed E-state index contributed by atoms with van der Waals surface area (Å²) in [4.78, 5) is 18.3. The van der Waals surface area contributed by atoms with E-state index in [1.165, 1.54) is 11.3 Å². The van der Waals surface area contributed by atoms with Crippen molar-refractivity contribution < 1.29 is 9.47 Å². The van der Waals surface area contributed by atoms with Gasteiger partial charge in [-0.25, -0.2) is 9.38 Å². The highest BCUT2D eigenvalue weighted by Crippen LogP contribution is 2.30. The van der Waals surface area contributed by atoms with E-state index >= 15 is 0 Å². The molecule has 5 aromatic rings. The SMILES string of the molecule is CCOc1cc(/C=c2/sc3nc4ccccc4n3c2=O)ccc1OCc1ccccc1C#N. The quantitative estimate of drug-likeness (QED) is 0.383. The molecule has 0 unspecified atom stereocenters. The molecule has 0 aliphatic carbocycles. The number of hydrogen-bond donors (Lipinski definition) is 0. The molecule has 0 aliphatic heterocycles. The number of fused-ring (bicyclic) bond motifs is 3. The molecule has 2 aromatic heterocycles. The molecule has 0 N–H and O–H groups in total. The molecule has 0 saturated heterocycles. The zero-order valence-corrected chi connectivity index (χ0v) is 18.6. The molecule has 0 spiro atoms. The van der Waals surface area contributed by atoms with Gasteiger partial charge in [0.25, 0.3) is 5.56 Å². The third kappa shape index (κ3) is 3.93. The number of aromatic nitrogens is 2. The number of para-hydroxylation sites is 2. The van der Waals surface area contributed by atoms with E-state index in [9.17, 15) is 10.1 Å². The number of nitrogens with zero attached hydrogens (tertiary/aromatic N) is 3. The van der Waals surface area contributed by atoms with E-state index in [1.807, 2.05) is 73.7 Å². The van der Waals surface area contributed by atoms with Crippen molar-refractivity contribution in [2.45, 2.75) is 13.5 Å². The normalized spacial score (nSPS) is 11.7. The number of hydrogen-bond acceptors (Lipinski definition) is 6. The molecule has 0 atom stereocenters. The zero-order valence-electron chi connectivity index (χ0n) is 17.8. The number of thiazole rings is 1. The maximum absolute atomic E-state index is 13.0. The number of imidazole rings is 1. The van der Waals surface area contributed by atoms with Crippen molar-refractivity contribution >= 4 is 33.4 Å². The lowest BCUT2D eigenvalue weighted by atomic mass is 10.1. The Bertz CT molecular complexity index is 1630. The first-order chi connectivity index (χ1) is 16.2. The van der Waals surface area contributed by atoms with Crippen LogP contribution in [0.15, 0.2) is 71.5 Å². The molecule has 0 saturated carbocycles. The average molecular weight is 454 g/mol. The second kappa shape index (κ2) is 8.77. The number of nitriles is 1. The third-order valence-electron chi connectivity index (χ3n) is 5.23. The number of rotatable bonds is 6. The highest BCUT2D eigenvalue weighted by molar-refractivity contribution is 7.15. The second-order valence-electron chi connectivity index (χ2n) is 7.33. The van der Waals surface area contributed by atoms with Gasteiger partial charge in [-0.15, -0.1) is 0 Å². The minimum absolute atomic E-state index is 0.0879. The van der Waals surface area contributed by atoms with Crippen molar-refractivity contribution in [3.8, 4) is 17.6 Å². The Balaban J connectivity index is 1.49. The van der Waals surface area contributed by atoms with Crippen LogP contribution in [-0.4, -0.2) is 16.0 Å². The molecule has 2 heterocycles. The molecule has 0 bridgehead atoms. The van der Waals surface area contributed by atoms with E-state index in [-0.39, 0.29) is 12.2 Å². The summed E-state index contributed by atoms with van der Waals surface area (Å²) in [5, 5.41) is 9.28. The lowest BCUT2D eigenvalue weighted by molar-refractivity contribution is 0.269. The van der Waals surface area contributed by atoms with Crippen LogP contribution in [0.25, 0.3) is 22.1 Å². The van der Waals surface area contributed by atoms with Gasteiger partial charge in [0.05, 0.1) is 33.8 Å². The largest absolute Gasteiger partial charge is 0.490 e. The van der Waals surface area contributed by atoms with E-state index in [4.69, 9.17) is 9.47 Å². The van der Waals surface area contributed by atoms with Gasteiger partial charge >= 0.3 is 0 Å². The van der Waals surface area contributed by atoms with Gasteiger partial charge < -0.3 is 9.47 Å². The summed E-state index contributed by atoms with van der Waals surface area (Å²) in [5.74, 6) is 1.16. The summed E-state index contributed by atoms with van der Waals surface area (Å²) in [6, 6.07) is 22.7. The van der Waals surface area contributed by atoms with E-state index < -0.39 is 0 Å². The van der Waals surface area contributed by atoms with E-state index in [1.54, 1.807) is 10.5 Å². The fraction of sp³-hybridized carbons (Fsp3) is 0.115. The first kappa shape index (κ1) is 20.7. The second-order valence-corrected chi connectivity index (χ2v) is 8.34. The van der Waals surface area contributed by atoms with Crippen LogP contribution in [0.3, 0.4) is 0 Å². The van der Waals surface area contributed by atoms with Crippen LogP contribution in [0.4, 0.5) is 0 Å². The Hall–Kier alpha value is -4.15. The smallest absolute Gasteiger partial charge is 0.274 e. The van der Waals surface area contributed by atoms with Crippen LogP contribution < -0.4 is 19.6 Å². The monoisotopic (exact) mass is 453 g/mol. The Labute approximate surface area is 193 Å². The van der Waals surface area contributed by atoms with E-state index in [0.29, 0.717) is 33.2 Å². The first-order valence-electron chi connectivity index (χ1n) is 10.5. The zero-order chi connectivity index (χ0) is 22.8. The Morgan fingerprint density at radius 3 is 2.73 bits per heavy atom. The lowest BCUT2D eigenvalue weighted by Gasteiger charge is -2.13. The van der Waals surface area contributed by atoms with Gasteiger partial charge in [0.15, 0.2) is 16.5 Å². The highest BCUT2D eigenvalue weighted by atomic mass is 32.1. The van der Waals surface area contributed by atoms with Crippen LogP contribution >= 0.6 is 11.3 Å². The molecule has 3 aromatic carbocycles. The van der Waals surface area contributed by atoms with Crippen molar-refractivity contribution in [3.05, 3.63) is 98.3 Å². The molecule has 33 heavy (non-hydrogen) atoms. The summed E-state index contributed by atoms with van der Waals surface area (Å²) >= 11 is 1.36.